The van der Waals surface area contributed by atoms with Crippen molar-refractivity contribution in [3.05, 3.63) is 51.3 Å². The Morgan fingerprint density at radius 3 is 2.70 bits per heavy atom. The number of halogens is 2. The maximum atomic E-state index is 12.4. The summed E-state index contributed by atoms with van der Waals surface area (Å²) in [7, 11) is 3.60. The molecule has 2 rings (SSSR count). The fraction of sp³-hybridized carbons (Fsp3) is 0.286. The largest absolute Gasteiger partial charge is 0.337 e. The fourth-order valence-electron chi connectivity index (χ4n) is 1.90. The van der Waals surface area contributed by atoms with Crippen LogP contribution >= 0.6 is 23.2 Å². The van der Waals surface area contributed by atoms with Gasteiger partial charge in [-0.05, 0) is 19.1 Å². The van der Waals surface area contributed by atoms with Gasteiger partial charge in [-0.3, -0.25) is 9.48 Å². The van der Waals surface area contributed by atoms with Crippen LogP contribution in [0.3, 0.4) is 0 Å². The lowest BCUT2D eigenvalue weighted by molar-refractivity contribution is 0.0785. The van der Waals surface area contributed by atoms with Gasteiger partial charge in [-0.2, -0.15) is 5.10 Å². The van der Waals surface area contributed by atoms with Gasteiger partial charge in [-0.25, -0.2) is 0 Å². The monoisotopic (exact) mass is 311 g/mol. The average Bonchev–Trinajstić information content (AvgIpc) is 2.73. The first-order valence-electron chi connectivity index (χ1n) is 6.08. The molecule has 0 spiro atoms. The second-order valence-corrected chi connectivity index (χ2v) is 5.43. The summed E-state index contributed by atoms with van der Waals surface area (Å²) >= 11 is 12.0. The molecule has 0 fully saturated rings. The number of aromatic nitrogens is 2. The van der Waals surface area contributed by atoms with E-state index in [9.17, 15) is 4.79 Å². The van der Waals surface area contributed by atoms with E-state index < -0.39 is 0 Å². The predicted molar refractivity (Wildman–Crippen MR) is 80.2 cm³/mol. The van der Waals surface area contributed by atoms with Crippen molar-refractivity contribution in [1.29, 1.82) is 0 Å². The van der Waals surface area contributed by atoms with Crippen molar-refractivity contribution in [2.75, 3.05) is 7.05 Å². The van der Waals surface area contributed by atoms with Crippen LogP contribution in [0.1, 0.15) is 21.6 Å². The molecule has 0 saturated heterocycles. The predicted octanol–water partition coefficient (Wildman–Crippen LogP) is 3.31. The van der Waals surface area contributed by atoms with Crippen LogP contribution in [0.5, 0.6) is 0 Å². The Morgan fingerprint density at radius 1 is 1.40 bits per heavy atom. The summed E-state index contributed by atoms with van der Waals surface area (Å²) in [5, 5.41) is 4.83. The first-order valence-corrected chi connectivity index (χ1v) is 6.84. The Morgan fingerprint density at radius 2 is 2.10 bits per heavy atom. The molecule has 1 heterocycles. The van der Waals surface area contributed by atoms with Crippen molar-refractivity contribution in [3.8, 4) is 0 Å². The number of carbonyl (C=O) groups excluding carboxylic acids is 1. The Labute approximate surface area is 127 Å². The molecule has 1 aromatic heterocycles. The number of rotatable bonds is 3. The Kier molecular flexibility index (Phi) is 4.35. The van der Waals surface area contributed by atoms with Gasteiger partial charge in [0.05, 0.1) is 21.8 Å². The molecule has 20 heavy (non-hydrogen) atoms. The zero-order valence-corrected chi connectivity index (χ0v) is 13.0. The molecule has 1 aromatic carbocycles. The van der Waals surface area contributed by atoms with Crippen LogP contribution in [-0.4, -0.2) is 27.6 Å². The maximum absolute atomic E-state index is 12.4. The van der Waals surface area contributed by atoms with E-state index in [-0.39, 0.29) is 10.9 Å². The molecule has 6 heteroatoms. The summed E-state index contributed by atoms with van der Waals surface area (Å²) in [6, 6.07) is 5.04. The maximum Gasteiger partial charge on any atom is 0.255 e. The zero-order chi connectivity index (χ0) is 14.9. The Bertz CT molecular complexity index is 652. The fourth-order valence-corrected chi connectivity index (χ4v) is 2.28. The normalized spacial score (nSPS) is 10.7. The van der Waals surface area contributed by atoms with Crippen LogP contribution in [-0.2, 0) is 13.6 Å². The first kappa shape index (κ1) is 14.9. The summed E-state index contributed by atoms with van der Waals surface area (Å²) in [4.78, 5) is 14.0. The van der Waals surface area contributed by atoms with Crippen LogP contribution in [0.25, 0.3) is 0 Å². The number of amides is 1. The summed E-state index contributed by atoms with van der Waals surface area (Å²) in [6.45, 7) is 2.44. The highest BCUT2D eigenvalue weighted by molar-refractivity contribution is 6.43. The van der Waals surface area contributed by atoms with E-state index in [1.54, 1.807) is 41.0 Å². The second kappa shape index (κ2) is 5.85. The molecule has 0 aliphatic rings. The summed E-state index contributed by atoms with van der Waals surface area (Å²) in [5.74, 6) is -0.166. The molecule has 0 bridgehead atoms. The van der Waals surface area contributed by atoms with E-state index >= 15 is 0 Å². The van der Waals surface area contributed by atoms with Gasteiger partial charge in [0.25, 0.3) is 5.91 Å². The molecule has 2 aromatic rings. The minimum atomic E-state index is -0.166. The number of aryl methyl sites for hydroxylation is 1. The van der Waals surface area contributed by atoms with Gasteiger partial charge in [-0.15, -0.1) is 0 Å². The van der Waals surface area contributed by atoms with Gasteiger partial charge in [-0.1, -0.05) is 29.3 Å². The minimum Gasteiger partial charge on any atom is -0.337 e. The first-order chi connectivity index (χ1) is 9.41. The van der Waals surface area contributed by atoms with Crippen molar-refractivity contribution in [2.24, 2.45) is 7.05 Å². The molecule has 106 valence electrons. The quantitative estimate of drug-likeness (QED) is 0.872. The molecule has 1 amide bonds. The van der Waals surface area contributed by atoms with Gasteiger partial charge in [0.1, 0.15) is 0 Å². The Balaban J connectivity index is 2.21. The molecule has 0 atom stereocenters. The topological polar surface area (TPSA) is 38.1 Å². The molecule has 0 aliphatic carbocycles. The number of hydrogen-bond donors (Lipinski definition) is 0. The van der Waals surface area contributed by atoms with E-state index in [1.165, 1.54) is 0 Å². The number of nitrogens with zero attached hydrogens (tertiary/aromatic N) is 3. The van der Waals surface area contributed by atoms with Crippen LogP contribution in [0.15, 0.2) is 24.4 Å². The van der Waals surface area contributed by atoms with Gasteiger partial charge in [0.2, 0.25) is 0 Å². The third-order valence-corrected chi connectivity index (χ3v) is 4.09. The van der Waals surface area contributed by atoms with Crippen LogP contribution < -0.4 is 0 Å². The third kappa shape index (κ3) is 2.81. The molecular weight excluding hydrogens is 297 g/mol. The van der Waals surface area contributed by atoms with Crippen LogP contribution in [0.2, 0.25) is 10.0 Å². The van der Waals surface area contributed by atoms with E-state index in [0.717, 1.165) is 11.3 Å². The van der Waals surface area contributed by atoms with E-state index in [4.69, 9.17) is 23.2 Å². The number of benzene rings is 1. The SMILES string of the molecule is Cc1c(CN(C)C(=O)c2cccc(Cl)c2Cl)cnn1C. The minimum absolute atomic E-state index is 0.166. The Hall–Kier alpha value is -1.52. The average molecular weight is 312 g/mol. The lowest BCUT2D eigenvalue weighted by Gasteiger charge is -2.18. The highest BCUT2D eigenvalue weighted by atomic mass is 35.5. The zero-order valence-electron chi connectivity index (χ0n) is 11.5. The standard InChI is InChI=1S/C14H15Cl2N3O/c1-9-10(7-17-19(9)3)8-18(2)14(20)11-5-4-6-12(15)13(11)16/h4-7H,8H2,1-3H3. The molecule has 0 unspecified atom stereocenters. The van der Waals surface area contributed by atoms with Crippen molar-refractivity contribution in [1.82, 2.24) is 14.7 Å². The lowest BCUT2D eigenvalue weighted by Crippen LogP contribution is -2.26. The molecule has 0 aliphatic heterocycles. The van der Waals surface area contributed by atoms with Crippen LogP contribution in [0, 0.1) is 6.92 Å². The van der Waals surface area contributed by atoms with E-state index in [2.05, 4.69) is 5.10 Å². The summed E-state index contributed by atoms with van der Waals surface area (Å²) < 4.78 is 1.78. The molecule has 0 radical (unpaired) electrons. The van der Waals surface area contributed by atoms with Gasteiger partial charge >= 0.3 is 0 Å². The molecule has 0 N–H and O–H groups in total. The third-order valence-electron chi connectivity index (χ3n) is 3.27. The second-order valence-electron chi connectivity index (χ2n) is 4.64. The van der Waals surface area contributed by atoms with Gasteiger partial charge < -0.3 is 4.90 Å². The summed E-state index contributed by atoms with van der Waals surface area (Å²) in [5.41, 5.74) is 2.44. The smallest absolute Gasteiger partial charge is 0.255 e. The summed E-state index contributed by atoms with van der Waals surface area (Å²) in [6.07, 6.45) is 1.76. The van der Waals surface area contributed by atoms with Crippen molar-refractivity contribution in [2.45, 2.75) is 13.5 Å². The lowest BCUT2D eigenvalue weighted by atomic mass is 10.2. The van der Waals surface area contributed by atoms with Gasteiger partial charge in [0, 0.05) is 31.9 Å². The van der Waals surface area contributed by atoms with Crippen molar-refractivity contribution in [3.63, 3.8) is 0 Å². The number of carbonyl (C=O) groups is 1. The van der Waals surface area contributed by atoms with Gasteiger partial charge in [0.15, 0.2) is 0 Å². The molecular formula is C14H15Cl2N3O. The molecule has 0 saturated carbocycles. The highest BCUT2D eigenvalue weighted by Gasteiger charge is 2.18. The van der Waals surface area contributed by atoms with Crippen LogP contribution in [0.4, 0.5) is 0 Å². The highest BCUT2D eigenvalue weighted by Crippen LogP contribution is 2.26. The number of hydrogen-bond acceptors (Lipinski definition) is 2. The van der Waals surface area contributed by atoms with E-state index in [0.29, 0.717) is 17.1 Å². The molecule has 4 nitrogen and oxygen atoms in total. The van der Waals surface area contributed by atoms with E-state index in [1.807, 2.05) is 14.0 Å². The van der Waals surface area contributed by atoms with Crippen molar-refractivity contribution < 1.29 is 4.79 Å². The van der Waals surface area contributed by atoms with Crippen molar-refractivity contribution >= 4 is 29.1 Å².